The molecule has 1 heterocycles. The van der Waals surface area contributed by atoms with Crippen molar-refractivity contribution in [3.8, 4) is 0 Å². The summed E-state index contributed by atoms with van der Waals surface area (Å²) in [5.41, 5.74) is 2.27. The summed E-state index contributed by atoms with van der Waals surface area (Å²) < 4.78 is 2.08. The van der Waals surface area contributed by atoms with Gasteiger partial charge in [0.1, 0.15) is 0 Å². The van der Waals surface area contributed by atoms with E-state index < -0.39 is 0 Å². The maximum atomic E-state index is 6.47. The third-order valence-corrected chi connectivity index (χ3v) is 4.42. The topological polar surface area (TPSA) is 29.9 Å². The van der Waals surface area contributed by atoms with Crippen molar-refractivity contribution in [1.29, 1.82) is 0 Å². The van der Waals surface area contributed by atoms with E-state index in [0.29, 0.717) is 6.04 Å². The smallest absolute Gasteiger partial charge is 0.0849 e. The van der Waals surface area contributed by atoms with E-state index >= 15 is 0 Å². The predicted molar refractivity (Wildman–Crippen MR) is 92.2 cm³/mol. The lowest BCUT2D eigenvalue weighted by Crippen LogP contribution is -2.29. The molecule has 1 aromatic rings. The Bertz CT molecular complexity index is 401. The summed E-state index contributed by atoms with van der Waals surface area (Å²) in [5, 5.41) is 9.16. The Morgan fingerprint density at radius 1 is 1.14 bits per heavy atom. The molecule has 0 aliphatic carbocycles. The Hall–Kier alpha value is -0.540. The molecule has 0 aliphatic heterocycles. The number of aryl methyl sites for hydroxylation is 2. The highest BCUT2D eigenvalue weighted by Gasteiger charge is 2.14. The second-order valence-electron chi connectivity index (χ2n) is 5.71. The minimum Gasteiger partial charge on any atom is -0.314 e. The minimum atomic E-state index is 0.650. The molecular weight excluding hydrogens is 282 g/mol. The molecule has 4 heteroatoms. The largest absolute Gasteiger partial charge is 0.314 e. The fraction of sp³-hybridized carbons (Fsp3) is 0.824. The number of hydrogen-bond donors (Lipinski definition) is 1. The van der Waals surface area contributed by atoms with Gasteiger partial charge in [-0.1, -0.05) is 38.8 Å². The number of halogens is 1. The molecule has 0 amide bonds. The Labute approximate surface area is 135 Å². The lowest BCUT2D eigenvalue weighted by atomic mass is 10.0. The molecule has 122 valence electrons. The maximum Gasteiger partial charge on any atom is 0.0849 e. The molecule has 1 rings (SSSR count). The number of nitrogens with one attached hydrogen (secondary N) is 1. The monoisotopic (exact) mass is 313 g/mol. The fourth-order valence-electron chi connectivity index (χ4n) is 2.82. The Kier molecular flexibility index (Phi) is 9.02. The third-order valence-electron chi connectivity index (χ3n) is 3.98. The fourth-order valence-corrected chi connectivity index (χ4v) is 3.18. The zero-order valence-electron chi connectivity index (χ0n) is 14.2. The van der Waals surface area contributed by atoms with Crippen LogP contribution < -0.4 is 5.32 Å². The van der Waals surface area contributed by atoms with Crippen molar-refractivity contribution in [1.82, 2.24) is 15.1 Å². The van der Waals surface area contributed by atoms with Crippen LogP contribution >= 0.6 is 11.6 Å². The quantitative estimate of drug-likeness (QED) is 0.646. The number of aromatic nitrogens is 2. The number of nitrogens with zero attached hydrogens (tertiary/aromatic N) is 2. The number of hydrogen-bond acceptors (Lipinski definition) is 2. The van der Waals surface area contributed by atoms with Gasteiger partial charge in [0.2, 0.25) is 0 Å². The van der Waals surface area contributed by atoms with Crippen LogP contribution in [0, 0.1) is 0 Å². The van der Waals surface area contributed by atoms with Crippen LogP contribution in [-0.2, 0) is 19.4 Å². The van der Waals surface area contributed by atoms with Crippen LogP contribution in [0.2, 0.25) is 5.02 Å². The van der Waals surface area contributed by atoms with Gasteiger partial charge in [0.15, 0.2) is 0 Å². The van der Waals surface area contributed by atoms with Crippen molar-refractivity contribution in [2.24, 2.45) is 0 Å². The molecule has 1 atom stereocenters. The summed E-state index contributed by atoms with van der Waals surface area (Å²) >= 11 is 6.47. The van der Waals surface area contributed by atoms with Gasteiger partial charge in [0.25, 0.3) is 0 Å². The molecule has 0 aliphatic rings. The molecule has 0 aromatic carbocycles. The highest BCUT2D eigenvalue weighted by Crippen LogP contribution is 2.23. The van der Waals surface area contributed by atoms with Gasteiger partial charge < -0.3 is 5.32 Å². The molecule has 1 aromatic heterocycles. The second kappa shape index (κ2) is 10.2. The zero-order chi connectivity index (χ0) is 15.7. The molecule has 0 fully saturated rings. The van der Waals surface area contributed by atoms with Crippen molar-refractivity contribution in [3.63, 3.8) is 0 Å². The standard InChI is InChI=1S/C17H32ClN3/c1-5-10-14(19-13-6-2)11-9-12-16-17(18)15(7-3)20-21(16)8-4/h14,19H,5-13H2,1-4H3. The van der Waals surface area contributed by atoms with E-state index in [0.717, 1.165) is 36.6 Å². The summed E-state index contributed by atoms with van der Waals surface area (Å²) in [6, 6.07) is 0.650. The van der Waals surface area contributed by atoms with Crippen LogP contribution in [0.4, 0.5) is 0 Å². The van der Waals surface area contributed by atoms with E-state index in [9.17, 15) is 0 Å². The van der Waals surface area contributed by atoms with Gasteiger partial charge in [0, 0.05) is 12.6 Å². The van der Waals surface area contributed by atoms with Gasteiger partial charge in [-0.2, -0.15) is 5.10 Å². The Morgan fingerprint density at radius 3 is 2.48 bits per heavy atom. The molecule has 3 nitrogen and oxygen atoms in total. The van der Waals surface area contributed by atoms with Crippen molar-refractivity contribution < 1.29 is 0 Å². The van der Waals surface area contributed by atoms with E-state index in [2.05, 4.69) is 42.8 Å². The van der Waals surface area contributed by atoms with E-state index in [1.807, 2.05) is 0 Å². The van der Waals surface area contributed by atoms with Crippen LogP contribution in [-0.4, -0.2) is 22.4 Å². The average molecular weight is 314 g/mol. The first-order valence-corrected chi connectivity index (χ1v) is 9.02. The molecule has 0 saturated heterocycles. The van der Waals surface area contributed by atoms with Crippen molar-refractivity contribution in [3.05, 3.63) is 16.4 Å². The molecule has 0 bridgehead atoms. The highest BCUT2D eigenvalue weighted by molar-refractivity contribution is 6.31. The van der Waals surface area contributed by atoms with Gasteiger partial charge in [-0.3, -0.25) is 4.68 Å². The van der Waals surface area contributed by atoms with Gasteiger partial charge in [-0.25, -0.2) is 0 Å². The van der Waals surface area contributed by atoms with E-state index in [1.165, 1.54) is 37.8 Å². The first-order valence-electron chi connectivity index (χ1n) is 8.65. The zero-order valence-corrected chi connectivity index (χ0v) is 15.0. The highest BCUT2D eigenvalue weighted by atomic mass is 35.5. The lowest BCUT2D eigenvalue weighted by Gasteiger charge is -2.17. The summed E-state index contributed by atoms with van der Waals surface area (Å²) in [5.74, 6) is 0. The maximum absolute atomic E-state index is 6.47. The first-order chi connectivity index (χ1) is 10.2. The van der Waals surface area contributed by atoms with Gasteiger partial charge in [-0.15, -0.1) is 0 Å². The van der Waals surface area contributed by atoms with E-state index in [1.54, 1.807) is 0 Å². The van der Waals surface area contributed by atoms with Gasteiger partial charge in [0.05, 0.1) is 16.4 Å². The average Bonchev–Trinajstić information content (AvgIpc) is 2.80. The predicted octanol–water partition coefficient (Wildman–Crippen LogP) is 4.61. The molecule has 21 heavy (non-hydrogen) atoms. The molecule has 1 N–H and O–H groups in total. The van der Waals surface area contributed by atoms with E-state index in [-0.39, 0.29) is 0 Å². The SMILES string of the molecule is CCCNC(CCC)CCCc1c(Cl)c(CC)nn1CC. The van der Waals surface area contributed by atoms with Crippen LogP contribution in [0.5, 0.6) is 0 Å². The van der Waals surface area contributed by atoms with E-state index in [4.69, 9.17) is 11.6 Å². The first kappa shape index (κ1) is 18.5. The third kappa shape index (κ3) is 5.63. The molecule has 1 unspecified atom stereocenters. The van der Waals surface area contributed by atoms with Crippen molar-refractivity contribution in [2.75, 3.05) is 6.54 Å². The van der Waals surface area contributed by atoms with Crippen molar-refractivity contribution >= 4 is 11.6 Å². The van der Waals surface area contributed by atoms with Crippen molar-refractivity contribution in [2.45, 2.75) is 85.2 Å². The molecule has 0 radical (unpaired) electrons. The van der Waals surface area contributed by atoms with Crippen LogP contribution in [0.15, 0.2) is 0 Å². The molecule has 0 spiro atoms. The minimum absolute atomic E-state index is 0.650. The van der Waals surface area contributed by atoms with Gasteiger partial charge >= 0.3 is 0 Å². The summed E-state index contributed by atoms with van der Waals surface area (Å²) in [6.07, 6.45) is 8.06. The molecular formula is C17H32ClN3. The second-order valence-corrected chi connectivity index (χ2v) is 6.09. The number of rotatable bonds is 11. The van der Waals surface area contributed by atoms with Crippen LogP contribution in [0.3, 0.4) is 0 Å². The Balaban J connectivity index is 2.55. The lowest BCUT2D eigenvalue weighted by molar-refractivity contribution is 0.434. The molecule has 0 saturated carbocycles. The Morgan fingerprint density at radius 2 is 1.90 bits per heavy atom. The normalized spacial score (nSPS) is 12.8. The van der Waals surface area contributed by atoms with Gasteiger partial charge in [-0.05, 0) is 52.0 Å². The summed E-state index contributed by atoms with van der Waals surface area (Å²) in [6.45, 7) is 10.8. The van der Waals surface area contributed by atoms with Crippen LogP contribution in [0.25, 0.3) is 0 Å². The van der Waals surface area contributed by atoms with Crippen LogP contribution in [0.1, 0.15) is 71.2 Å². The summed E-state index contributed by atoms with van der Waals surface area (Å²) in [7, 11) is 0. The summed E-state index contributed by atoms with van der Waals surface area (Å²) in [4.78, 5) is 0.